The first-order chi connectivity index (χ1) is 18.1. The zero-order chi connectivity index (χ0) is 27.9. The molecule has 204 valence electrons. The van der Waals surface area contributed by atoms with Gasteiger partial charge in [-0.15, -0.1) is 0 Å². The molecule has 0 fully saturated rings. The fourth-order valence-corrected chi connectivity index (χ4v) is 5.52. The summed E-state index contributed by atoms with van der Waals surface area (Å²) in [5, 5.41) is 3.05. The van der Waals surface area contributed by atoms with Crippen molar-refractivity contribution >= 4 is 21.6 Å². The monoisotopic (exact) mass is 540 g/mol. The first-order valence-electron chi connectivity index (χ1n) is 12.3. The predicted molar refractivity (Wildman–Crippen MR) is 149 cm³/mol. The van der Waals surface area contributed by atoms with Crippen molar-refractivity contribution in [1.82, 2.24) is 5.32 Å². The van der Waals surface area contributed by atoms with Crippen molar-refractivity contribution in [2.75, 3.05) is 32.2 Å². The minimum Gasteiger partial charge on any atom is -0.497 e. The van der Waals surface area contributed by atoms with Crippen molar-refractivity contribution in [1.29, 1.82) is 0 Å². The molecule has 3 aromatic carbocycles. The minimum absolute atomic E-state index is 0.0163. The SMILES string of the molecule is COc1ccc([C@H](CC(C)C)NC(=O)CN(c2ccc(C)cc2)S(=O)(=O)c2ccc(OC)c(OC)c2)cc1. The number of nitrogens with zero attached hydrogens (tertiary/aromatic N) is 1. The number of benzene rings is 3. The Balaban J connectivity index is 1.96. The number of ether oxygens (including phenoxy) is 3. The van der Waals surface area contributed by atoms with E-state index >= 15 is 0 Å². The Labute approximate surface area is 225 Å². The second-order valence-corrected chi connectivity index (χ2v) is 11.2. The fraction of sp³-hybridized carbons (Fsp3) is 0.345. The van der Waals surface area contributed by atoms with E-state index in [2.05, 4.69) is 19.2 Å². The molecule has 0 heterocycles. The first-order valence-corrected chi connectivity index (χ1v) is 13.8. The highest BCUT2D eigenvalue weighted by Crippen LogP contribution is 2.32. The zero-order valence-corrected chi connectivity index (χ0v) is 23.5. The molecular weight excluding hydrogens is 504 g/mol. The van der Waals surface area contributed by atoms with Crippen LogP contribution in [0.5, 0.6) is 17.2 Å². The Kier molecular flexibility index (Phi) is 9.63. The molecule has 1 amide bonds. The van der Waals surface area contributed by atoms with Crippen molar-refractivity contribution in [2.45, 2.75) is 38.1 Å². The van der Waals surface area contributed by atoms with Gasteiger partial charge in [0.15, 0.2) is 11.5 Å². The number of aryl methyl sites for hydroxylation is 1. The summed E-state index contributed by atoms with van der Waals surface area (Å²) in [6, 6.07) is 18.6. The van der Waals surface area contributed by atoms with Gasteiger partial charge in [0, 0.05) is 6.07 Å². The number of amides is 1. The number of nitrogens with one attached hydrogen (secondary N) is 1. The van der Waals surface area contributed by atoms with Crippen LogP contribution in [0.1, 0.15) is 37.4 Å². The predicted octanol–water partition coefficient (Wildman–Crippen LogP) is 5.12. The molecule has 0 saturated heterocycles. The van der Waals surface area contributed by atoms with E-state index in [1.165, 1.54) is 32.4 Å². The van der Waals surface area contributed by atoms with Crippen LogP contribution in [-0.4, -0.2) is 42.2 Å². The summed E-state index contributed by atoms with van der Waals surface area (Å²) in [6.45, 7) is 5.66. The van der Waals surface area contributed by atoms with Crippen LogP contribution in [0.3, 0.4) is 0 Å². The van der Waals surface area contributed by atoms with Crippen LogP contribution in [0, 0.1) is 12.8 Å². The molecular formula is C29H36N2O6S. The van der Waals surface area contributed by atoms with E-state index < -0.39 is 22.5 Å². The minimum atomic E-state index is -4.13. The van der Waals surface area contributed by atoms with Gasteiger partial charge in [0.25, 0.3) is 10.0 Å². The average molecular weight is 541 g/mol. The van der Waals surface area contributed by atoms with Crippen LogP contribution in [0.15, 0.2) is 71.6 Å². The summed E-state index contributed by atoms with van der Waals surface area (Å²) >= 11 is 0. The fourth-order valence-electron chi connectivity index (χ4n) is 4.09. The number of carbonyl (C=O) groups excluding carboxylic acids is 1. The molecule has 0 aliphatic rings. The Morgan fingerprint density at radius 2 is 1.50 bits per heavy atom. The third kappa shape index (κ3) is 6.98. The van der Waals surface area contributed by atoms with Crippen molar-refractivity contribution in [2.24, 2.45) is 5.92 Å². The molecule has 0 spiro atoms. The molecule has 0 bridgehead atoms. The van der Waals surface area contributed by atoms with Crippen molar-refractivity contribution in [3.8, 4) is 17.2 Å². The van der Waals surface area contributed by atoms with Crippen LogP contribution in [0.25, 0.3) is 0 Å². The van der Waals surface area contributed by atoms with E-state index in [0.29, 0.717) is 23.8 Å². The third-order valence-corrected chi connectivity index (χ3v) is 7.88. The Hall–Kier alpha value is -3.72. The lowest BCUT2D eigenvalue weighted by Gasteiger charge is -2.27. The summed E-state index contributed by atoms with van der Waals surface area (Å²) in [4.78, 5) is 13.4. The second-order valence-electron chi connectivity index (χ2n) is 9.39. The maximum absolute atomic E-state index is 13.9. The molecule has 8 nitrogen and oxygen atoms in total. The normalized spacial score (nSPS) is 12.1. The van der Waals surface area contributed by atoms with E-state index in [1.54, 1.807) is 19.2 Å². The maximum atomic E-state index is 13.9. The van der Waals surface area contributed by atoms with E-state index in [0.717, 1.165) is 21.2 Å². The number of methoxy groups -OCH3 is 3. The average Bonchev–Trinajstić information content (AvgIpc) is 2.91. The van der Waals surface area contributed by atoms with Gasteiger partial charge in [-0.25, -0.2) is 8.42 Å². The molecule has 3 aromatic rings. The summed E-state index contributed by atoms with van der Waals surface area (Å²) in [7, 11) is 0.382. The smallest absolute Gasteiger partial charge is 0.264 e. The Morgan fingerprint density at radius 3 is 2.05 bits per heavy atom. The van der Waals surface area contributed by atoms with Crippen LogP contribution >= 0.6 is 0 Å². The molecule has 0 unspecified atom stereocenters. The number of hydrogen-bond acceptors (Lipinski definition) is 6. The largest absolute Gasteiger partial charge is 0.497 e. The van der Waals surface area contributed by atoms with E-state index in [9.17, 15) is 13.2 Å². The Morgan fingerprint density at radius 1 is 0.868 bits per heavy atom. The standard InChI is InChI=1S/C29H36N2O6S/c1-20(2)17-26(22-9-13-24(35-4)14-10-22)30-29(32)19-31(23-11-7-21(3)8-12-23)38(33,34)25-15-16-27(36-5)28(18-25)37-6/h7-16,18,20,26H,17,19H2,1-6H3,(H,30,32)/t26-/m0/s1. The van der Waals surface area contributed by atoms with Crippen molar-refractivity contribution in [3.05, 3.63) is 77.9 Å². The van der Waals surface area contributed by atoms with Crippen LogP contribution in [-0.2, 0) is 14.8 Å². The van der Waals surface area contributed by atoms with Crippen LogP contribution in [0.4, 0.5) is 5.69 Å². The molecule has 1 atom stereocenters. The lowest BCUT2D eigenvalue weighted by atomic mass is 9.97. The maximum Gasteiger partial charge on any atom is 0.264 e. The number of sulfonamides is 1. The third-order valence-electron chi connectivity index (χ3n) is 6.11. The van der Waals surface area contributed by atoms with Crippen LogP contribution in [0.2, 0.25) is 0 Å². The molecule has 1 N–H and O–H groups in total. The molecule has 38 heavy (non-hydrogen) atoms. The first kappa shape index (κ1) is 28.8. The van der Waals surface area contributed by atoms with Gasteiger partial charge in [-0.2, -0.15) is 0 Å². The molecule has 0 radical (unpaired) electrons. The van der Waals surface area contributed by atoms with E-state index in [-0.39, 0.29) is 16.7 Å². The summed E-state index contributed by atoms with van der Waals surface area (Å²) in [5.41, 5.74) is 2.26. The highest BCUT2D eigenvalue weighted by atomic mass is 32.2. The summed E-state index contributed by atoms with van der Waals surface area (Å²) in [5.74, 6) is 1.28. The molecule has 9 heteroatoms. The van der Waals surface area contributed by atoms with Gasteiger partial charge in [0.05, 0.1) is 38.0 Å². The van der Waals surface area contributed by atoms with Gasteiger partial charge in [-0.1, -0.05) is 43.7 Å². The van der Waals surface area contributed by atoms with Gasteiger partial charge in [0.2, 0.25) is 5.91 Å². The second kappa shape index (κ2) is 12.7. The summed E-state index contributed by atoms with van der Waals surface area (Å²) in [6.07, 6.45) is 0.686. The van der Waals surface area contributed by atoms with Gasteiger partial charge >= 0.3 is 0 Å². The molecule has 0 aromatic heterocycles. The Bertz CT molecular complexity index is 1320. The molecule has 0 saturated carbocycles. The quantitative estimate of drug-likeness (QED) is 0.343. The van der Waals surface area contributed by atoms with Gasteiger partial charge < -0.3 is 19.5 Å². The van der Waals surface area contributed by atoms with Crippen molar-refractivity contribution < 1.29 is 27.4 Å². The molecule has 0 aliphatic carbocycles. The van der Waals surface area contributed by atoms with Crippen LogP contribution < -0.4 is 23.8 Å². The molecule has 0 aliphatic heterocycles. The lowest BCUT2D eigenvalue weighted by Crippen LogP contribution is -2.42. The zero-order valence-electron chi connectivity index (χ0n) is 22.7. The van der Waals surface area contributed by atoms with E-state index in [4.69, 9.17) is 14.2 Å². The number of anilines is 1. The number of carbonyl (C=O) groups is 1. The highest BCUT2D eigenvalue weighted by molar-refractivity contribution is 7.92. The highest BCUT2D eigenvalue weighted by Gasteiger charge is 2.29. The van der Waals surface area contributed by atoms with Gasteiger partial charge in [-0.05, 0) is 61.2 Å². The summed E-state index contributed by atoms with van der Waals surface area (Å²) < 4.78 is 44.7. The van der Waals surface area contributed by atoms with Gasteiger partial charge in [-0.3, -0.25) is 9.10 Å². The lowest BCUT2D eigenvalue weighted by molar-refractivity contribution is -0.120. The number of rotatable bonds is 12. The van der Waals surface area contributed by atoms with Gasteiger partial charge in [0.1, 0.15) is 12.3 Å². The van der Waals surface area contributed by atoms with E-state index in [1.807, 2.05) is 43.3 Å². The topological polar surface area (TPSA) is 94.2 Å². The van der Waals surface area contributed by atoms with Crippen molar-refractivity contribution in [3.63, 3.8) is 0 Å². The molecule has 3 rings (SSSR count). The number of hydrogen-bond donors (Lipinski definition) is 1.